The molecule has 84 valence electrons. The maximum absolute atomic E-state index is 13.5. The lowest BCUT2D eigenvalue weighted by atomic mass is 10.0. The van der Waals surface area contributed by atoms with Crippen LogP contribution in [0.25, 0.3) is 0 Å². The number of carbonyl (C=O) groups excluding carboxylic acids is 1. The van der Waals surface area contributed by atoms with Crippen LogP contribution in [0.4, 0.5) is 8.78 Å². The number of hydrogen-bond donors (Lipinski definition) is 1. The predicted molar refractivity (Wildman–Crippen MR) is 51.7 cm³/mol. The van der Waals surface area contributed by atoms with Gasteiger partial charge in [0.1, 0.15) is 5.82 Å². The van der Waals surface area contributed by atoms with Gasteiger partial charge in [0.2, 0.25) is 5.95 Å². The maximum atomic E-state index is 13.5. The number of halogens is 2. The third-order valence-corrected chi connectivity index (χ3v) is 3.45. The van der Waals surface area contributed by atoms with Gasteiger partial charge in [0.15, 0.2) is 5.78 Å². The van der Waals surface area contributed by atoms with E-state index >= 15 is 0 Å². The van der Waals surface area contributed by atoms with Crippen molar-refractivity contribution in [3.05, 3.63) is 29.1 Å². The second kappa shape index (κ2) is 3.07. The molecule has 0 radical (unpaired) electrons. The third-order valence-electron chi connectivity index (χ3n) is 3.45. The average molecular weight is 224 g/mol. The lowest BCUT2D eigenvalue weighted by Crippen LogP contribution is -2.33. The van der Waals surface area contributed by atoms with Crippen molar-refractivity contribution in [2.45, 2.75) is 24.8 Å². The normalized spacial score (nSPS) is 31.7. The number of rotatable bonds is 0. The Balaban J connectivity index is 2.15. The van der Waals surface area contributed by atoms with E-state index in [9.17, 15) is 13.6 Å². The van der Waals surface area contributed by atoms with Crippen molar-refractivity contribution < 1.29 is 13.6 Å². The number of nitrogens with two attached hydrogens (primary N) is 1. The van der Waals surface area contributed by atoms with Crippen LogP contribution in [-0.4, -0.2) is 16.8 Å². The summed E-state index contributed by atoms with van der Waals surface area (Å²) in [5.74, 6) is -1.72. The summed E-state index contributed by atoms with van der Waals surface area (Å²) in [6.07, 6.45) is 0.637. The fraction of sp³-hybridized carbons (Fsp3) is 0.455. The van der Waals surface area contributed by atoms with E-state index in [1.54, 1.807) is 0 Å². The monoisotopic (exact) mass is 224 g/mol. The summed E-state index contributed by atoms with van der Waals surface area (Å²) in [6.45, 7) is 0. The Hall–Kier alpha value is -1.36. The van der Waals surface area contributed by atoms with E-state index in [2.05, 4.69) is 4.98 Å². The molecule has 1 fully saturated rings. The highest BCUT2D eigenvalue weighted by atomic mass is 19.1. The number of nitrogens with zero attached hydrogens (tertiary/aromatic N) is 1. The molecule has 2 aliphatic rings. The highest BCUT2D eigenvalue weighted by Gasteiger charge is 2.49. The zero-order valence-corrected chi connectivity index (χ0v) is 8.41. The lowest BCUT2D eigenvalue weighted by molar-refractivity contribution is -0.120. The van der Waals surface area contributed by atoms with E-state index in [-0.39, 0.29) is 29.6 Å². The van der Waals surface area contributed by atoms with Crippen molar-refractivity contribution in [3.8, 4) is 0 Å². The van der Waals surface area contributed by atoms with E-state index in [4.69, 9.17) is 5.73 Å². The van der Waals surface area contributed by atoms with Gasteiger partial charge in [0, 0.05) is 24.0 Å². The molecule has 5 heteroatoms. The second-order valence-electron chi connectivity index (χ2n) is 4.47. The van der Waals surface area contributed by atoms with Gasteiger partial charge >= 0.3 is 0 Å². The molecular formula is C11H10F2N2O. The van der Waals surface area contributed by atoms with Crippen LogP contribution in [0.2, 0.25) is 0 Å². The van der Waals surface area contributed by atoms with Crippen molar-refractivity contribution in [1.29, 1.82) is 0 Å². The molecule has 0 amide bonds. The van der Waals surface area contributed by atoms with Gasteiger partial charge in [-0.15, -0.1) is 0 Å². The minimum absolute atomic E-state index is 0.0162. The van der Waals surface area contributed by atoms with Crippen molar-refractivity contribution in [3.63, 3.8) is 0 Å². The first-order chi connectivity index (χ1) is 7.58. The molecule has 1 aromatic heterocycles. The second-order valence-corrected chi connectivity index (χ2v) is 4.47. The molecule has 1 saturated carbocycles. The molecule has 0 unspecified atom stereocenters. The lowest BCUT2D eigenvalue weighted by Gasteiger charge is -2.07. The van der Waals surface area contributed by atoms with Crippen molar-refractivity contribution in [2.24, 2.45) is 11.7 Å². The molecule has 0 saturated heterocycles. The third kappa shape index (κ3) is 1.28. The molecule has 0 aliphatic heterocycles. The summed E-state index contributed by atoms with van der Waals surface area (Å²) in [6, 6.07) is 0.169. The van der Waals surface area contributed by atoms with Crippen LogP contribution in [0, 0.1) is 17.7 Å². The first-order valence-corrected chi connectivity index (χ1v) is 5.21. The van der Waals surface area contributed by atoms with Gasteiger partial charge in [-0.25, -0.2) is 9.37 Å². The zero-order valence-electron chi connectivity index (χ0n) is 8.41. The Morgan fingerprint density at radius 3 is 2.94 bits per heavy atom. The molecule has 1 heterocycles. The van der Waals surface area contributed by atoms with Crippen molar-refractivity contribution in [1.82, 2.24) is 4.98 Å². The predicted octanol–water partition coefficient (Wildman–Crippen LogP) is 0.916. The summed E-state index contributed by atoms with van der Waals surface area (Å²) in [4.78, 5) is 15.3. The highest BCUT2D eigenvalue weighted by molar-refractivity contribution is 5.88. The minimum Gasteiger partial charge on any atom is -0.321 e. The van der Waals surface area contributed by atoms with E-state index in [1.165, 1.54) is 0 Å². The molecule has 1 aromatic rings. The Labute approximate surface area is 90.7 Å². The van der Waals surface area contributed by atoms with Gasteiger partial charge in [-0.3, -0.25) is 4.79 Å². The van der Waals surface area contributed by atoms with Crippen LogP contribution in [0.15, 0.2) is 6.07 Å². The van der Waals surface area contributed by atoms with Gasteiger partial charge in [-0.2, -0.15) is 4.39 Å². The standard InChI is InChI=1S/C11H10F2N2O/c12-7-3-9(13)15-11-5-1-4(5)10(14)8(16)2-6(7)11/h3-5,10H,1-2,14H2/t4-,5+,10-/m0/s1. The van der Waals surface area contributed by atoms with Crippen LogP contribution in [0.5, 0.6) is 0 Å². The van der Waals surface area contributed by atoms with Crippen LogP contribution in [-0.2, 0) is 11.2 Å². The topological polar surface area (TPSA) is 56.0 Å². The van der Waals surface area contributed by atoms with Gasteiger partial charge < -0.3 is 5.73 Å². The maximum Gasteiger partial charge on any atom is 0.216 e. The van der Waals surface area contributed by atoms with E-state index < -0.39 is 17.8 Å². The molecule has 2 N–H and O–H groups in total. The van der Waals surface area contributed by atoms with Crippen LogP contribution < -0.4 is 5.73 Å². The number of pyridine rings is 1. The van der Waals surface area contributed by atoms with Gasteiger partial charge in [0.05, 0.1) is 11.7 Å². The average Bonchev–Trinajstić information content (AvgIpc) is 2.99. The van der Waals surface area contributed by atoms with E-state index in [1.807, 2.05) is 0 Å². The summed E-state index contributed by atoms with van der Waals surface area (Å²) >= 11 is 0. The number of fused-ring (bicyclic) bond motifs is 3. The Morgan fingerprint density at radius 2 is 2.19 bits per heavy atom. The molecule has 0 aromatic carbocycles. The van der Waals surface area contributed by atoms with Crippen LogP contribution in [0.1, 0.15) is 23.6 Å². The molecule has 0 bridgehead atoms. The Kier molecular flexibility index (Phi) is 1.89. The van der Waals surface area contributed by atoms with Crippen LogP contribution >= 0.6 is 0 Å². The molecule has 3 nitrogen and oxygen atoms in total. The van der Waals surface area contributed by atoms with E-state index in [0.717, 1.165) is 6.07 Å². The summed E-state index contributed by atoms with van der Waals surface area (Å²) in [7, 11) is 0. The van der Waals surface area contributed by atoms with Crippen molar-refractivity contribution in [2.75, 3.05) is 0 Å². The smallest absolute Gasteiger partial charge is 0.216 e. The Bertz CT molecular complexity index is 489. The number of Topliss-reactive ketones (excluding diaryl/α,β-unsaturated/α-hetero) is 1. The summed E-state index contributed by atoms with van der Waals surface area (Å²) in [5.41, 5.74) is 6.36. The zero-order chi connectivity index (χ0) is 11.4. The van der Waals surface area contributed by atoms with Gasteiger partial charge in [-0.1, -0.05) is 0 Å². The fourth-order valence-electron chi connectivity index (χ4n) is 2.47. The van der Waals surface area contributed by atoms with Crippen LogP contribution in [0.3, 0.4) is 0 Å². The molecule has 3 atom stereocenters. The van der Waals surface area contributed by atoms with Crippen molar-refractivity contribution >= 4 is 5.78 Å². The first kappa shape index (κ1) is 9.84. The molecular weight excluding hydrogens is 214 g/mol. The summed E-state index contributed by atoms with van der Waals surface area (Å²) < 4.78 is 26.5. The number of aromatic nitrogens is 1. The van der Waals surface area contributed by atoms with E-state index in [0.29, 0.717) is 12.1 Å². The molecule has 2 aliphatic carbocycles. The highest BCUT2D eigenvalue weighted by Crippen LogP contribution is 2.51. The number of carbonyl (C=O) groups is 1. The van der Waals surface area contributed by atoms with Gasteiger partial charge in [-0.05, 0) is 12.3 Å². The number of hydrogen-bond acceptors (Lipinski definition) is 3. The summed E-state index contributed by atoms with van der Waals surface area (Å²) in [5, 5.41) is 0. The number of ketones is 1. The molecule has 0 spiro atoms. The minimum atomic E-state index is -0.829. The molecule has 3 rings (SSSR count). The Morgan fingerprint density at radius 1 is 1.44 bits per heavy atom. The quantitative estimate of drug-likeness (QED) is 0.666. The molecule has 16 heavy (non-hydrogen) atoms. The fourth-order valence-corrected chi connectivity index (χ4v) is 2.47. The first-order valence-electron chi connectivity index (χ1n) is 5.21. The van der Waals surface area contributed by atoms with Gasteiger partial charge in [0.25, 0.3) is 0 Å². The largest absolute Gasteiger partial charge is 0.321 e. The SMILES string of the molecule is N[C@@H]1C(=O)Cc2c(F)cc(F)nc2[C@@H]2C[C@H]12.